The molecule has 2 aromatic rings. The topological polar surface area (TPSA) is 85.5 Å². The molecule has 0 fully saturated rings. The van der Waals surface area contributed by atoms with Gasteiger partial charge in [0.15, 0.2) is 6.10 Å². The molecule has 1 aromatic heterocycles. The zero-order valence-corrected chi connectivity index (χ0v) is 13.7. The molecule has 0 bridgehead atoms. The Morgan fingerprint density at radius 2 is 2.13 bits per heavy atom. The van der Waals surface area contributed by atoms with Crippen LogP contribution in [0.4, 0.5) is 10.7 Å². The first kappa shape index (κ1) is 15.5. The van der Waals surface area contributed by atoms with E-state index < -0.39 is 12.1 Å². The lowest BCUT2D eigenvalue weighted by Gasteiger charge is -2.21. The van der Waals surface area contributed by atoms with E-state index in [2.05, 4.69) is 4.37 Å². The van der Waals surface area contributed by atoms with Crippen LogP contribution < -0.4 is 10.6 Å². The molecule has 3 rings (SSSR count). The summed E-state index contributed by atoms with van der Waals surface area (Å²) in [6.07, 6.45) is -0.0735. The summed E-state index contributed by atoms with van der Waals surface area (Å²) < 4.78 is 9.32. The number of rotatable bonds is 3. The Morgan fingerprint density at radius 3 is 2.83 bits per heavy atom. The second-order valence-electron chi connectivity index (χ2n) is 5.42. The van der Waals surface area contributed by atoms with Crippen LogP contribution in [0.5, 0.6) is 0 Å². The minimum absolute atomic E-state index is 0.234. The number of amides is 1. The molecular weight excluding hydrogens is 314 g/mol. The second-order valence-corrected chi connectivity index (χ2v) is 6.23. The molecule has 1 aliphatic heterocycles. The third-order valence-electron chi connectivity index (χ3n) is 3.88. The van der Waals surface area contributed by atoms with Gasteiger partial charge in [-0.2, -0.15) is 4.37 Å². The molecule has 0 unspecified atom stereocenters. The van der Waals surface area contributed by atoms with E-state index >= 15 is 0 Å². The van der Waals surface area contributed by atoms with Crippen LogP contribution in [0.3, 0.4) is 0 Å². The highest BCUT2D eigenvalue weighted by Crippen LogP contribution is 2.28. The predicted molar refractivity (Wildman–Crippen MR) is 88.6 cm³/mol. The van der Waals surface area contributed by atoms with Crippen LogP contribution >= 0.6 is 11.5 Å². The van der Waals surface area contributed by atoms with Gasteiger partial charge in [-0.1, -0.05) is 18.2 Å². The number of aromatic nitrogens is 1. The zero-order chi connectivity index (χ0) is 16.6. The van der Waals surface area contributed by atoms with Crippen LogP contribution in [-0.4, -0.2) is 28.9 Å². The summed E-state index contributed by atoms with van der Waals surface area (Å²) in [6.45, 7) is 3.86. The third kappa shape index (κ3) is 2.79. The standard InChI is InChI=1S/C16H17N3O3S/c1-9-13(14(17)23-18-9)16(21)22-10(2)15(20)19-8-7-11-5-3-4-6-12(11)19/h3-6,10H,7-8,17H2,1-2H3/t10-/m1/s1. The highest BCUT2D eigenvalue weighted by molar-refractivity contribution is 7.10. The number of anilines is 2. The number of aryl methyl sites for hydroxylation is 1. The average molecular weight is 331 g/mol. The van der Waals surface area contributed by atoms with Gasteiger partial charge in [-0.25, -0.2) is 4.79 Å². The van der Waals surface area contributed by atoms with Gasteiger partial charge in [0, 0.05) is 12.2 Å². The lowest BCUT2D eigenvalue weighted by molar-refractivity contribution is -0.126. The Labute approximate surface area is 138 Å². The van der Waals surface area contributed by atoms with Crippen molar-refractivity contribution in [2.45, 2.75) is 26.4 Å². The summed E-state index contributed by atoms with van der Waals surface area (Å²) in [5.74, 6) is -0.843. The molecule has 0 radical (unpaired) electrons. The molecule has 6 nitrogen and oxygen atoms in total. The minimum atomic E-state index is -0.882. The third-order valence-corrected chi connectivity index (χ3v) is 4.64. The predicted octanol–water partition coefficient (Wildman–Crippen LogP) is 2.17. The summed E-state index contributed by atoms with van der Waals surface area (Å²) in [5.41, 5.74) is 8.51. The summed E-state index contributed by atoms with van der Waals surface area (Å²) in [7, 11) is 0. The molecule has 0 aliphatic carbocycles. The summed E-state index contributed by atoms with van der Waals surface area (Å²) in [4.78, 5) is 26.5. The van der Waals surface area contributed by atoms with Gasteiger partial charge in [-0.15, -0.1) is 0 Å². The van der Waals surface area contributed by atoms with Crippen molar-refractivity contribution in [3.8, 4) is 0 Å². The van der Waals surface area contributed by atoms with E-state index in [9.17, 15) is 9.59 Å². The largest absolute Gasteiger partial charge is 0.449 e. The Hall–Kier alpha value is -2.41. The first-order valence-corrected chi connectivity index (χ1v) is 8.08. The van der Waals surface area contributed by atoms with Crippen molar-refractivity contribution in [2.24, 2.45) is 0 Å². The lowest BCUT2D eigenvalue weighted by Crippen LogP contribution is -2.39. The summed E-state index contributed by atoms with van der Waals surface area (Å²) >= 11 is 1.04. The van der Waals surface area contributed by atoms with Crippen molar-refractivity contribution in [2.75, 3.05) is 17.2 Å². The fourth-order valence-electron chi connectivity index (χ4n) is 2.69. The number of nitrogens with two attached hydrogens (primary N) is 1. The lowest BCUT2D eigenvalue weighted by atomic mass is 10.2. The number of carbonyl (C=O) groups excluding carboxylic acids is 2. The monoisotopic (exact) mass is 331 g/mol. The highest BCUT2D eigenvalue weighted by Gasteiger charge is 2.31. The Bertz CT molecular complexity index is 752. The van der Waals surface area contributed by atoms with Crippen LogP contribution in [0, 0.1) is 6.92 Å². The van der Waals surface area contributed by atoms with E-state index in [0.717, 1.165) is 29.2 Å². The molecular formula is C16H17N3O3S. The number of nitrogens with zero attached hydrogens (tertiary/aromatic N) is 2. The Kier molecular flexibility index (Phi) is 4.04. The number of hydrogen-bond acceptors (Lipinski definition) is 6. The number of benzene rings is 1. The average Bonchev–Trinajstić information content (AvgIpc) is 3.10. The fraction of sp³-hybridized carbons (Fsp3) is 0.312. The Morgan fingerprint density at radius 1 is 1.39 bits per heavy atom. The van der Waals surface area contributed by atoms with E-state index in [-0.39, 0.29) is 11.5 Å². The molecule has 23 heavy (non-hydrogen) atoms. The fourth-order valence-corrected chi connectivity index (χ4v) is 3.34. The van der Waals surface area contributed by atoms with Crippen LogP contribution in [0.25, 0.3) is 0 Å². The molecule has 2 heterocycles. The van der Waals surface area contributed by atoms with Gasteiger partial charge in [0.2, 0.25) is 0 Å². The van der Waals surface area contributed by atoms with E-state index in [0.29, 0.717) is 17.2 Å². The number of esters is 1. The van der Waals surface area contributed by atoms with Gasteiger partial charge < -0.3 is 15.4 Å². The molecule has 1 aromatic carbocycles. The quantitative estimate of drug-likeness (QED) is 0.871. The smallest absolute Gasteiger partial charge is 0.343 e. The van der Waals surface area contributed by atoms with E-state index in [1.807, 2.05) is 24.3 Å². The molecule has 2 N–H and O–H groups in total. The Balaban J connectivity index is 1.73. The van der Waals surface area contributed by atoms with Crippen molar-refractivity contribution in [3.63, 3.8) is 0 Å². The maximum atomic E-state index is 12.6. The van der Waals surface area contributed by atoms with Crippen molar-refractivity contribution < 1.29 is 14.3 Å². The summed E-state index contributed by atoms with van der Waals surface area (Å²) in [6, 6.07) is 7.74. The number of ether oxygens (including phenoxy) is 1. The summed E-state index contributed by atoms with van der Waals surface area (Å²) in [5, 5.41) is 0.304. The van der Waals surface area contributed by atoms with E-state index in [1.165, 1.54) is 0 Å². The van der Waals surface area contributed by atoms with Crippen molar-refractivity contribution in [3.05, 3.63) is 41.1 Å². The number of para-hydroxylation sites is 1. The second kappa shape index (κ2) is 6.00. The highest BCUT2D eigenvalue weighted by atomic mass is 32.1. The van der Waals surface area contributed by atoms with E-state index in [1.54, 1.807) is 18.7 Å². The first-order valence-electron chi connectivity index (χ1n) is 7.31. The molecule has 1 atom stereocenters. The number of nitrogen functional groups attached to an aromatic ring is 1. The van der Waals surface area contributed by atoms with Crippen LogP contribution in [0.1, 0.15) is 28.5 Å². The van der Waals surface area contributed by atoms with Crippen molar-refractivity contribution in [1.82, 2.24) is 4.37 Å². The van der Waals surface area contributed by atoms with Gasteiger partial charge in [-0.05, 0) is 43.4 Å². The van der Waals surface area contributed by atoms with Gasteiger partial charge in [0.05, 0.1) is 5.69 Å². The van der Waals surface area contributed by atoms with Crippen LogP contribution in [0.2, 0.25) is 0 Å². The van der Waals surface area contributed by atoms with Crippen LogP contribution in [0.15, 0.2) is 24.3 Å². The SMILES string of the molecule is Cc1nsc(N)c1C(=O)O[C@H](C)C(=O)N1CCc2ccccc21. The normalized spacial score (nSPS) is 14.4. The zero-order valence-electron chi connectivity index (χ0n) is 12.9. The number of hydrogen-bond donors (Lipinski definition) is 1. The van der Waals surface area contributed by atoms with Gasteiger partial charge in [0.1, 0.15) is 10.6 Å². The van der Waals surface area contributed by atoms with Crippen molar-refractivity contribution in [1.29, 1.82) is 0 Å². The molecule has 120 valence electrons. The minimum Gasteiger partial charge on any atom is -0.449 e. The molecule has 0 saturated carbocycles. The molecule has 0 saturated heterocycles. The number of fused-ring (bicyclic) bond motifs is 1. The molecule has 7 heteroatoms. The van der Waals surface area contributed by atoms with Gasteiger partial charge >= 0.3 is 5.97 Å². The molecule has 0 spiro atoms. The van der Waals surface area contributed by atoms with E-state index in [4.69, 9.17) is 10.5 Å². The number of carbonyl (C=O) groups is 2. The molecule has 1 aliphatic rings. The van der Waals surface area contributed by atoms with Crippen LogP contribution in [-0.2, 0) is 16.0 Å². The molecule has 1 amide bonds. The maximum Gasteiger partial charge on any atom is 0.343 e. The van der Waals surface area contributed by atoms with Gasteiger partial charge in [0.25, 0.3) is 5.91 Å². The first-order chi connectivity index (χ1) is 11.0. The van der Waals surface area contributed by atoms with Crippen molar-refractivity contribution >= 4 is 34.1 Å². The van der Waals surface area contributed by atoms with Gasteiger partial charge in [-0.3, -0.25) is 4.79 Å². The maximum absolute atomic E-state index is 12.6.